The third-order valence-corrected chi connectivity index (χ3v) is 2.98. The van der Waals surface area contributed by atoms with Crippen LogP contribution in [0, 0.1) is 13.8 Å². The van der Waals surface area contributed by atoms with Gasteiger partial charge in [-0.25, -0.2) is 0 Å². The molecule has 0 spiro atoms. The molecule has 0 amide bonds. The number of hydrogen-bond acceptors (Lipinski definition) is 1. The van der Waals surface area contributed by atoms with E-state index < -0.39 is 0 Å². The Morgan fingerprint density at radius 2 is 1.53 bits per heavy atom. The minimum absolute atomic E-state index is 0. The van der Waals surface area contributed by atoms with Gasteiger partial charge in [-0.2, -0.15) is 0 Å². The van der Waals surface area contributed by atoms with Crippen molar-refractivity contribution in [1.29, 1.82) is 0 Å². The topological polar surface area (TPSA) is 32.9 Å². The summed E-state index contributed by atoms with van der Waals surface area (Å²) in [6.45, 7) is 11.9. The fourth-order valence-corrected chi connectivity index (χ4v) is 2.01. The first-order valence-electron chi connectivity index (χ1n) is 6.91. The third-order valence-electron chi connectivity index (χ3n) is 2.98. The summed E-state index contributed by atoms with van der Waals surface area (Å²) in [7, 11) is 0. The molecule has 0 unspecified atom stereocenters. The van der Waals surface area contributed by atoms with E-state index in [9.17, 15) is 4.79 Å². The van der Waals surface area contributed by atoms with Crippen molar-refractivity contribution in [3.05, 3.63) is 32.7 Å². The highest BCUT2D eigenvalue weighted by atomic mass is 16.1. The molecule has 1 N–H and O–H groups in total. The van der Waals surface area contributed by atoms with Crippen LogP contribution in [0.25, 0.3) is 0 Å². The second-order valence-corrected chi connectivity index (χ2v) is 3.87. The van der Waals surface area contributed by atoms with Gasteiger partial charge in [0, 0.05) is 23.9 Å². The predicted octanol–water partition coefficient (Wildman–Crippen LogP) is 4.17. The average Bonchev–Trinajstić information content (AvgIpc) is 2.41. The van der Waals surface area contributed by atoms with Crippen molar-refractivity contribution < 1.29 is 1.43 Å². The van der Waals surface area contributed by atoms with E-state index in [1.165, 1.54) is 18.5 Å². The third kappa shape index (κ3) is 3.72. The Morgan fingerprint density at radius 1 is 1.00 bits per heavy atom. The number of H-pyrrole nitrogens is 1. The van der Waals surface area contributed by atoms with Crippen LogP contribution in [0.3, 0.4) is 0 Å². The van der Waals surface area contributed by atoms with Gasteiger partial charge < -0.3 is 4.98 Å². The highest BCUT2D eigenvalue weighted by molar-refractivity contribution is 5.30. The number of hydrogen-bond donors (Lipinski definition) is 1. The van der Waals surface area contributed by atoms with E-state index in [0.717, 1.165) is 29.7 Å². The minimum atomic E-state index is 0. The van der Waals surface area contributed by atoms with Crippen LogP contribution in [0.2, 0.25) is 0 Å². The van der Waals surface area contributed by atoms with Crippen molar-refractivity contribution in [2.24, 2.45) is 0 Å². The number of fused-ring (bicyclic) bond motifs is 1. The molecule has 17 heavy (non-hydrogen) atoms. The molecule has 1 aliphatic rings. The van der Waals surface area contributed by atoms with E-state index in [0.29, 0.717) is 0 Å². The fourth-order valence-electron chi connectivity index (χ4n) is 2.01. The van der Waals surface area contributed by atoms with Gasteiger partial charge >= 0.3 is 0 Å². The molecule has 0 saturated heterocycles. The quantitative estimate of drug-likeness (QED) is 0.724. The first kappa shape index (κ1) is 16.0. The maximum absolute atomic E-state index is 11.8. The lowest BCUT2D eigenvalue weighted by molar-refractivity contribution is 0.659. The Hall–Kier alpha value is -1.05. The van der Waals surface area contributed by atoms with Crippen molar-refractivity contribution in [1.82, 2.24) is 4.98 Å². The molecular weight excluding hydrogens is 210 g/mol. The zero-order valence-electron chi connectivity index (χ0n) is 12.2. The Morgan fingerprint density at radius 3 is 2.12 bits per heavy atom. The molecule has 2 rings (SSSR count). The van der Waals surface area contributed by atoms with Crippen LogP contribution in [0.15, 0.2) is 4.79 Å². The van der Waals surface area contributed by atoms with E-state index in [4.69, 9.17) is 0 Å². The van der Waals surface area contributed by atoms with Crippen LogP contribution >= 0.6 is 0 Å². The van der Waals surface area contributed by atoms with Crippen LogP contribution in [-0.4, -0.2) is 4.98 Å². The summed E-state index contributed by atoms with van der Waals surface area (Å²) in [5, 5.41) is 0. The molecule has 0 bridgehead atoms. The second-order valence-electron chi connectivity index (χ2n) is 3.87. The van der Waals surface area contributed by atoms with Crippen LogP contribution in [0.1, 0.15) is 64.5 Å². The number of rotatable bonds is 0. The molecule has 100 valence electrons. The van der Waals surface area contributed by atoms with Crippen molar-refractivity contribution in [3.8, 4) is 0 Å². The SMILES string of the molecule is CC.CC.Cc1[nH]c2c(c(=O)c1C)CCCC2.[HH]. The molecule has 2 heteroatoms. The molecule has 2 nitrogen and oxygen atoms in total. The van der Waals surface area contributed by atoms with Crippen LogP contribution in [0.5, 0.6) is 0 Å². The standard InChI is InChI=1S/C11H15NO.2C2H6.H2/c1-7-8(2)12-10-6-4-3-5-9(10)11(7)13;2*1-2;/h3-6H2,1-2H3,(H,12,13);2*1-2H3;1H. The van der Waals surface area contributed by atoms with Gasteiger partial charge in [-0.05, 0) is 39.5 Å². The lowest BCUT2D eigenvalue weighted by Crippen LogP contribution is -2.21. The number of nitrogens with one attached hydrogen (secondary N) is 1. The van der Waals surface area contributed by atoms with Crippen molar-refractivity contribution >= 4 is 0 Å². The Balaban J connectivity index is 0. The lowest BCUT2D eigenvalue weighted by atomic mass is 9.94. The van der Waals surface area contributed by atoms with E-state index >= 15 is 0 Å². The molecule has 1 heterocycles. The van der Waals surface area contributed by atoms with Crippen LogP contribution in [-0.2, 0) is 12.8 Å². The number of aryl methyl sites for hydroxylation is 2. The fraction of sp³-hybridized carbons (Fsp3) is 0.667. The highest BCUT2D eigenvalue weighted by Crippen LogP contribution is 2.17. The van der Waals surface area contributed by atoms with Gasteiger partial charge in [-0.3, -0.25) is 4.79 Å². The first-order valence-corrected chi connectivity index (χ1v) is 6.91. The summed E-state index contributed by atoms with van der Waals surface area (Å²) in [4.78, 5) is 15.2. The van der Waals surface area contributed by atoms with Gasteiger partial charge in [0.1, 0.15) is 0 Å². The first-order chi connectivity index (χ1) is 8.20. The molecule has 0 fully saturated rings. The zero-order valence-corrected chi connectivity index (χ0v) is 12.2. The average molecular weight is 239 g/mol. The lowest BCUT2D eigenvalue weighted by Gasteiger charge is -2.16. The van der Waals surface area contributed by atoms with Gasteiger partial charge in [0.05, 0.1) is 0 Å². The summed E-state index contributed by atoms with van der Waals surface area (Å²) < 4.78 is 0. The van der Waals surface area contributed by atoms with Crippen molar-refractivity contribution in [2.45, 2.75) is 67.2 Å². The predicted molar refractivity (Wildman–Crippen MR) is 78.0 cm³/mol. The normalized spacial score (nSPS) is 12.6. The Kier molecular flexibility index (Phi) is 7.60. The van der Waals surface area contributed by atoms with E-state index in [2.05, 4.69) is 4.98 Å². The van der Waals surface area contributed by atoms with E-state index in [1.54, 1.807) is 0 Å². The molecule has 1 aromatic rings. The molecule has 0 aromatic carbocycles. The molecular formula is C15H29NO. The Bertz CT molecular complexity index is 396. The summed E-state index contributed by atoms with van der Waals surface area (Å²) in [5.41, 5.74) is 4.41. The molecule has 0 aliphatic heterocycles. The maximum atomic E-state index is 11.8. The van der Waals surface area contributed by atoms with Gasteiger partial charge in [-0.1, -0.05) is 27.7 Å². The van der Waals surface area contributed by atoms with Gasteiger partial charge in [-0.15, -0.1) is 0 Å². The van der Waals surface area contributed by atoms with Crippen molar-refractivity contribution in [2.75, 3.05) is 0 Å². The molecule has 0 saturated carbocycles. The number of aromatic amines is 1. The van der Waals surface area contributed by atoms with Crippen LogP contribution in [0.4, 0.5) is 0 Å². The van der Waals surface area contributed by atoms with E-state index in [1.807, 2.05) is 41.5 Å². The van der Waals surface area contributed by atoms with E-state index in [-0.39, 0.29) is 6.86 Å². The molecule has 0 radical (unpaired) electrons. The number of aromatic nitrogens is 1. The van der Waals surface area contributed by atoms with Gasteiger partial charge in [0.15, 0.2) is 5.43 Å². The number of pyridine rings is 1. The largest absolute Gasteiger partial charge is 0.362 e. The highest BCUT2D eigenvalue weighted by Gasteiger charge is 2.15. The monoisotopic (exact) mass is 239 g/mol. The molecule has 0 atom stereocenters. The molecule has 1 aromatic heterocycles. The molecule has 1 aliphatic carbocycles. The summed E-state index contributed by atoms with van der Waals surface area (Å²) in [6.07, 6.45) is 4.39. The Labute approximate surface area is 107 Å². The summed E-state index contributed by atoms with van der Waals surface area (Å²) in [6, 6.07) is 0. The van der Waals surface area contributed by atoms with Crippen LogP contribution < -0.4 is 5.43 Å². The maximum Gasteiger partial charge on any atom is 0.188 e. The van der Waals surface area contributed by atoms with Gasteiger partial charge in [0.25, 0.3) is 0 Å². The van der Waals surface area contributed by atoms with Gasteiger partial charge in [0.2, 0.25) is 0 Å². The van der Waals surface area contributed by atoms with Crippen molar-refractivity contribution in [3.63, 3.8) is 0 Å². The summed E-state index contributed by atoms with van der Waals surface area (Å²) in [5.74, 6) is 0. The zero-order chi connectivity index (χ0) is 13.4. The smallest absolute Gasteiger partial charge is 0.188 e. The second kappa shape index (κ2) is 8.10. The minimum Gasteiger partial charge on any atom is -0.362 e. The summed E-state index contributed by atoms with van der Waals surface area (Å²) >= 11 is 0.